The molecule has 0 radical (unpaired) electrons. The Morgan fingerprint density at radius 3 is 2.65 bits per heavy atom. The minimum atomic E-state index is -0.407. The van der Waals surface area contributed by atoms with Crippen LogP contribution >= 0.6 is 0 Å². The fourth-order valence-electron chi connectivity index (χ4n) is 8.07. The monoisotopic (exact) mass is 502 g/mol. The second-order valence-corrected chi connectivity index (χ2v) is 12.0. The first kappa shape index (κ1) is 26.0. The molecule has 0 aliphatic heterocycles. The number of carbonyl (C=O) groups is 2. The highest BCUT2D eigenvalue weighted by Crippen LogP contribution is 2.62. The number of benzene rings is 2. The van der Waals surface area contributed by atoms with Crippen molar-refractivity contribution in [1.82, 2.24) is 4.90 Å². The summed E-state index contributed by atoms with van der Waals surface area (Å²) < 4.78 is 0. The highest BCUT2D eigenvalue weighted by Gasteiger charge is 2.57. The topological polar surface area (TPSA) is 83.6 Å². The van der Waals surface area contributed by atoms with Crippen LogP contribution in [0.5, 0.6) is 0 Å². The summed E-state index contributed by atoms with van der Waals surface area (Å²) in [6, 6.07) is 14.0. The molecule has 0 aromatic heterocycles. The summed E-state index contributed by atoms with van der Waals surface area (Å²) in [5.41, 5.74) is 10.6. The van der Waals surface area contributed by atoms with Crippen LogP contribution in [0.15, 0.2) is 42.5 Å². The van der Waals surface area contributed by atoms with Crippen LogP contribution in [0.1, 0.15) is 96.2 Å². The first-order valence-electron chi connectivity index (χ1n) is 14.3. The lowest BCUT2D eigenvalue weighted by Crippen LogP contribution is -2.44. The van der Waals surface area contributed by atoms with E-state index < -0.39 is 5.91 Å². The minimum Gasteiger partial charge on any atom is -0.392 e. The van der Waals surface area contributed by atoms with Gasteiger partial charge in [-0.2, -0.15) is 0 Å². The van der Waals surface area contributed by atoms with Gasteiger partial charge in [-0.05, 0) is 122 Å². The fourth-order valence-corrected chi connectivity index (χ4v) is 8.07. The van der Waals surface area contributed by atoms with Gasteiger partial charge in [0.15, 0.2) is 0 Å². The summed E-state index contributed by atoms with van der Waals surface area (Å²) in [4.78, 5) is 26.7. The Morgan fingerprint density at radius 1 is 1.11 bits per heavy atom. The Bertz CT molecular complexity index is 1180. The van der Waals surface area contributed by atoms with Crippen molar-refractivity contribution in [2.24, 2.45) is 28.9 Å². The number of hydrogen-bond acceptors (Lipinski definition) is 3. The highest BCUT2D eigenvalue weighted by molar-refractivity contribution is 5.94. The first-order chi connectivity index (χ1) is 17.8. The van der Waals surface area contributed by atoms with Crippen molar-refractivity contribution in [3.8, 4) is 0 Å². The Hall–Kier alpha value is -2.66. The standard InChI is InChI=1S/C32H42N2O3/c1-4-15-34(5-2)31(37)23-10-11-25-21(18-23)9-12-27-26(25)13-14-32(3)28(27)19-24(29(32)35)17-20-7-6-8-22(16-20)30(33)36/h6-8,10-11,16,18,24,26-29,35H,4-5,9,12-15,17,19H2,1-3H3,(H2,33,36)/t24-,26+,27+,28-,29-,32-/m0/s1. The van der Waals surface area contributed by atoms with Crippen molar-refractivity contribution in [1.29, 1.82) is 0 Å². The van der Waals surface area contributed by atoms with Crippen molar-refractivity contribution in [3.63, 3.8) is 0 Å². The van der Waals surface area contributed by atoms with Crippen molar-refractivity contribution >= 4 is 11.8 Å². The maximum Gasteiger partial charge on any atom is 0.253 e. The predicted octanol–water partition coefficient (Wildman–Crippen LogP) is 5.34. The van der Waals surface area contributed by atoms with Crippen LogP contribution in [0.3, 0.4) is 0 Å². The molecule has 0 unspecified atom stereocenters. The Balaban J connectivity index is 1.35. The number of nitrogens with zero attached hydrogens (tertiary/aromatic N) is 1. The molecule has 2 fully saturated rings. The van der Waals surface area contributed by atoms with Gasteiger partial charge in [-0.15, -0.1) is 0 Å². The molecule has 5 rings (SSSR count). The third-order valence-corrected chi connectivity index (χ3v) is 9.96. The van der Waals surface area contributed by atoms with Crippen LogP contribution in [0.25, 0.3) is 0 Å². The van der Waals surface area contributed by atoms with Gasteiger partial charge in [-0.3, -0.25) is 9.59 Å². The van der Waals surface area contributed by atoms with E-state index in [-0.39, 0.29) is 23.3 Å². The molecule has 3 N–H and O–H groups in total. The molecule has 3 aliphatic rings. The number of aryl methyl sites for hydroxylation is 1. The summed E-state index contributed by atoms with van der Waals surface area (Å²) in [6.07, 6.45) is 6.68. The van der Waals surface area contributed by atoms with Crippen molar-refractivity contribution < 1.29 is 14.7 Å². The first-order valence-corrected chi connectivity index (χ1v) is 14.3. The second-order valence-electron chi connectivity index (χ2n) is 12.0. The zero-order chi connectivity index (χ0) is 26.3. The third-order valence-electron chi connectivity index (χ3n) is 9.96. The third kappa shape index (κ3) is 4.60. The van der Waals surface area contributed by atoms with Gasteiger partial charge >= 0.3 is 0 Å². The van der Waals surface area contributed by atoms with Crippen LogP contribution in [0.4, 0.5) is 0 Å². The van der Waals surface area contributed by atoms with Gasteiger partial charge in [0.25, 0.3) is 5.91 Å². The molecule has 0 heterocycles. The molecule has 3 aliphatic carbocycles. The molecular formula is C32H42N2O3. The van der Waals surface area contributed by atoms with E-state index in [1.54, 1.807) is 6.07 Å². The van der Waals surface area contributed by atoms with E-state index in [4.69, 9.17) is 5.73 Å². The van der Waals surface area contributed by atoms with Gasteiger partial charge in [0.2, 0.25) is 5.91 Å². The summed E-state index contributed by atoms with van der Waals surface area (Å²) in [6.45, 7) is 8.01. The SMILES string of the molecule is CCCN(CC)C(=O)c1ccc2c(c1)CC[C@@H]1[C@@H]2CC[C@]2(C)[C@@H](O)[C@@H](Cc3cccc(C(N)=O)c3)C[C@@H]12. The maximum absolute atomic E-state index is 13.1. The molecule has 2 amide bonds. The van der Waals surface area contributed by atoms with Crippen LogP contribution < -0.4 is 5.73 Å². The van der Waals surface area contributed by atoms with Gasteiger partial charge < -0.3 is 15.7 Å². The van der Waals surface area contributed by atoms with Crippen LogP contribution in [0, 0.1) is 23.2 Å². The van der Waals surface area contributed by atoms with Crippen LogP contribution in [-0.4, -0.2) is 41.0 Å². The fraction of sp³-hybridized carbons (Fsp3) is 0.562. The van der Waals surface area contributed by atoms with Crippen molar-refractivity contribution in [2.45, 2.75) is 77.7 Å². The van der Waals surface area contributed by atoms with E-state index in [1.165, 1.54) is 11.1 Å². The van der Waals surface area contributed by atoms with Gasteiger partial charge in [0.05, 0.1) is 6.10 Å². The lowest BCUT2D eigenvalue weighted by Gasteiger charge is -2.50. The zero-order valence-corrected chi connectivity index (χ0v) is 22.6. The quantitative estimate of drug-likeness (QED) is 0.536. The number of fused-ring (bicyclic) bond motifs is 5. The molecule has 0 spiro atoms. The van der Waals surface area contributed by atoms with Gasteiger partial charge in [0, 0.05) is 24.2 Å². The molecule has 198 valence electrons. The van der Waals surface area contributed by atoms with Gasteiger partial charge in [-0.25, -0.2) is 0 Å². The van der Waals surface area contributed by atoms with Crippen LogP contribution in [-0.2, 0) is 12.8 Å². The Labute approximate surface area is 221 Å². The molecular weight excluding hydrogens is 460 g/mol. The average Bonchev–Trinajstić information content (AvgIpc) is 3.16. The number of nitrogens with two attached hydrogens (primary N) is 1. The molecule has 0 bridgehead atoms. The number of primary amides is 1. The Morgan fingerprint density at radius 2 is 1.92 bits per heavy atom. The molecule has 2 saturated carbocycles. The highest BCUT2D eigenvalue weighted by atomic mass is 16.3. The molecule has 2 aromatic carbocycles. The molecule has 6 atom stereocenters. The molecule has 0 saturated heterocycles. The minimum absolute atomic E-state index is 0.0671. The smallest absolute Gasteiger partial charge is 0.253 e. The number of aliphatic hydroxyl groups is 1. The van der Waals surface area contributed by atoms with E-state index in [2.05, 4.69) is 26.0 Å². The molecule has 5 heteroatoms. The van der Waals surface area contributed by atoms with Crippen LogP contribution in [0.2, 0.25) is 0 Å². The number of hydrogen-bond donors (Lipinski definition) is 2. The van der Waals surface area contributed by atoms with Crippen molar-refractivity contribution in [3.05, 3.63) is 70.3 Å². The van der Waals surface area contributed by atoms with E-state index in [0.29, 0.717) is 23.3 Å². The molecule has 2 aromatic rings. The maximum atomic E-state index is 13.1. The van der Waals surface area contributed by atoms with E-state index >= 15 is 0 Å². The van der Waals surface area contributed by atoms with Gasteiger partial charge in [0.1, 0.15) is 0 Å². The molecule has 37 heavy (non-hydrogen) atoms. The summed E-state index contributed by atoms with van der Waals surface area (Å²) in [7, 11) is 0. The summed E-state index contributed by atoms with van der Waals surface area (Å²) >= 11 is 0. The van der Waals surface area contributed by atoms with E-state index in [1.807, 2.05) is 36.1 Å². The largest absolute Gasteiger partial charge is 0.392 e. The summed E-state index contributed by atoms with van der Waals surface area (Å²) in [5, 5.41) is 11.6. The Kier molecular flexibility index (Phi) is 7.19. The average molecular weight is 503 g/mol. The number of rotatable bonds is 7. The normalized spacial score (nSPS) is 30.2. The van der Waals surface area contributed by atoms with E-state index in [9.17, 15) is 14.7 Å². The second kappa shape index (κ2) is 10.2. The lowest BCUT2D eigenvalue weighted by atomic mass is 9.55. The summed E-state index contributed by atoms with van der Waals surface area (Å²) in [5.74, 6) is 1.49. The zero-order valence-electron chi connectivity index (χ0n) is 22.6. The number of aliphatic hydroxyl groups excluding tert-OH is 1. The van der Waals surface area contributed by atoms with Crippen molar-refractivity contribution in [2.75, 3.05) is 13.1 Å². The molecule has 5 nitrogen and oxygen atoms in total. The van der Waals surface area contributed by atoms with E-state index in [0.717, 1.165) is 69.2 Å². The van der Waals surface area contributed by atoms with Gasteiger partial charge in [-0.1, -0.05) is 32.0 Å². The lowest BCUT2D eigenvalue weighted by molar-refractivity contribution is -0.0325. The number of carbonyl (C=O) groups excluding carboxylic acids is 2. The predicted molar refractivity (Wildman–Crippen MR) is 146 cm³/mol. The number of amides is 2.